The van der Waals surface area contributed by atoms with E-state index in [-0.39, 0.29) is 6.04 Å². The molecule has 3 atom stereocenters. The van der Waals surface area contributed by atoms with Crippen molar-refractivity contribution in [3.63, 3.8) is 0 Å². The molecule has 0 aromatic heterocycles. The van der Waals surface area contributed by atoms with Gasteiger partial charge in [0.15, 0.2) is 0 Å². The minimum absolute atomic E-state index is 0.0197. The molecule has 16 heavy (non-hydrogen) atoms. The number of hydrogen-bond acceptors (Lipinski definition) is 3. The summed E-state index contributed by atoms with van der Waals surface area (Å²) in [6.07, 6.45) is 4.91. The van der Waals surface area contributed by atoms with Gasteiger partial charge in [0.05, 0.1) is 12.1 Å². The van der Waals surface area contributed by atoms with Crippen LogP contribution in [0.1, 0.15) is 46.5 Å². The van der Waals surface area contributed by atoms with Gasteiger partial charge >= 0.3 is 0 Å². The van der Waals surface area contributed by atoms with Crippen LogP contribution < -0.4 is 5.32 Å². The van der Waals surface area contributed by atoms with Gasteiger partial charge in [0, 0.05) is 18.6 Å². The van der Waals surface area contributed by atoms with Gasteiger partial charge < -0.3 is 5.32 Å². The molecule has 0 aromatic carbocycles. The lowest BCUT2D eigenvalue weighted by Gasteiger charge is -2.39. The second kappa shape index (κ2) is 6.88. The van der Waals surface area contributed by atoms with E-state index in [4.69, 9.17) is 5.26 Å². The van der Waals surface area contributed by atoms with Crippen molar-refractivity contribution in [3.05, 3.63) is 0 Å². The maximum absolute atomic E-state index is 8.99. The summed E-state index contributed by atoms with van der Waals surface area (Å²) in [5.74, 6) is 0. The predicted molar refractivity (Wildman–Crippen MR) is 67.2 cm³/mol. The number of nitrogens with one attached hydrogen (secondary N) is 1. The number of likely N-dealkylation sites (tertiary alicyclic amines) is 1. The first-order valence-corrected chi connectivity index (χ1v) is 6.57. The molecular weight excluding hydrogens is 198 g/mol. The van der Waals surface area contributed by atoms with Crippen molar-refractivity contribution in [1.82, 2.24) is 10.2 Å². The zero-order chi connectivity index (χ0) is 12.0. The van der Waals surface area contributed by atoms with E-state index in [9.17, 15) is 0 Å². The van der Waals surface area contributed by atoms with E-state index in [0.29, 0.717) is 12.1 Å². The monoisotopic (exact) mass is 223 g/mol. The summed E-state index contributed by atoms with van der Waals surface area (Å²) >= 11 is 0. The minimum Gasteiger partial charge on any atom is -0.302 e. The predicted octanol–water partition coefficient (Wildman–Crippen LogP) is 2.14. The first kappa shape index (κ1) is 13.5. The quantitative estimate of drug-likeness (QED) is 0.776. The van der Waals surface area contributed by atoms with Crippen molar-refractivity contribution < 1.29 is 0 Å². The first-order valence-electron chi connectivity index (χ1n) is 6.57. The fourth-order valence-electron chi connectivity index (χ4n) is 2.65. The summed E-state index contributed by atoms with van der Waals surface area (Å²) in [5.41, 5.74) is 0. The Morgan fingerprint density at radius 2 is 2.00 bits per heavy atom. The highest BCUT2D eigenvalue weighted by molar-refractivity contribution is 4.91. The third kappa shape index (κ3) is 3.77. The summed E-state index contributed by atoms with van der Waals surface area (Å²) < 4.78 is 0. The van der Waals surface area contributed by atoms with Gasteiger partial charge in [-0.05, 0) is 39.7 Å². The zero-order valence-electron chi connectivity index (χ0n) is 10.9. The Bertz CT molecular complexity index is 224. The molecule has 0 spiro atoms. The third-order valence-corrected chi connectivity index (χ3v) is 3.66. The second-order valence-corrected chi connectivity index (χ2v) is 4.89. The molecule has 1 heterocycles. The van der Waals surface area contributed by atoms with Crippen molar-refractivity contribution in [1.29, 1.82) is 5.26 Å². The largest absolute Gasteiger partial charge is 0.302 e. The molecule has 0 aromatic rings. The normalized spacial score (nSPS) is 28.6. The zero-order valence-corrected chi connectivity index (χ0v) is 10.9. The molecule has 1 rings (SSSR count). The van der Waals surface area contributed by atoms with Crippen molar-refractivity contribution in [2.24, 2.45) is 0 Å². The van der Waals surface area contributed by atoms with Crippen LogP contribution in [0, 0.1) is 11.3 Å². The lowest BCUT2D eigenvalue weighted by atomic mass is 9.97. The van der Waals surface area contributed by atoms with E-state index in [1.165, 1.54) is 19.3 Å². The van der Waals surface area contributed by atoms with E-state index < -0.39 is 0 Å². The highest BCUT2D eigenvalue weighted by Crippen LogP contribution is 2.22. The molecule has 0 saturated carbocycles. The minimum atomic E-state index is 0.0197. The number of rotatable bonds is 5. The summed E-state index contributed by atoms with van der Waals surface area (Å²) in [4.78, 5) is 2.56. The van der Waals surface area contributed by atoms with Gasteiger partial charge in [0.2, 0.25) is 0 Å². The average molecular weight is 223 g/mol. The molecule has 1 aliphatic heterocycles. The fourth-order valence-corrected chi connectivity index (χ4v) is 2.65. The Hall–Kier alpha value is -0.590. The number of nitriles is 1. The van der Waals surface area contributed by atoms with Gasteiger partial charge in [0.25, 0.3) is 0 Å². The SMILES string of the molecule is CCNC(C#N)CCN1C(C)CCCC1C. The van der Waals surface area contributed by atoms with Crippen molar-refractivity contribution >= 4 is 0 Å². The Kier molecular flexibility index (Phi) is 5.79. The summed E-state index contributed by atoms with van der Waals surface area (Å²) in [5, 5.41) is 12.2. The van der Waals surface area contributed by atoms with Gasteiger partial charge in [-0.25, -0.2) is 0 Å². The van der Waals surface area contributed by atoms with Crippen LogP contribution >= 0.6 is 0 Å². The molecule has 3 unspecified atom stereocenters. The van der Waals surface area contributed by atoms with Gasteiger partial charge in [0.1, 0.15) is 0 Å². The van der Waals surface area contributed by atoms with E-state index in [1.807, 2.05) is 0 Å². The van der Waals surface area contributed by atoms with Gasteiger partial charge in [-0.15, -0.1) is 0 Å². The maximum atomic E-state index is 8.99. The Morgan fingerprint density at radius 3 is 2.50 bits per heavy atom. The molecule has 0 amide bonds. The Balaban J connectivity index is 2.37. The average Bonchev–Trinajstić information content (AvgIpc) is 2.27. The van der Waals surface area contributed by atoms with E-state index in [2.05, 4.69) is 37.1 Å². The summed E-state index contributed by atoms with van der Waals surface area (Å²) in [6, 6.07) is 3.72. The molecule has 0 radical (unpaired) electrons. The van der Waals surface area contributed by atoms with Crippen LogP contribution in [0.5, 0.6) is 0 Å². The molecule has 0 aliphatic carbocycles. The number of piperidine rings is 1. The van der Waals surface area contributed by atoms with Crippen LogP contribution in [0.4, 0.5) is 0 Å². The van der Waals surface area contributed by atoms with Crippen molar-refractivity contribution in [2.75, 3.05) is 13.1 Å². The number of nitrogens with zero attached hydrogens (tertiary/aromatic N) is 2. The molecule has 3 nitrogen and oxygen atoms in total. The van der Waals surface area contributed by atoms with Crippen molar-refractivity contribution in [2.45, 2.75) is 64.6 Å². The van der Waals surface area contributed by atoms with Crippen LogP contribution in [-0.4, -0.2) is 36.1 Å². The summed E-state index contributed by atoms with van der Waals surface area (Å²) in [6.45, 7) is 8.60. The number of hydrogen-bond donors (Lipinski definition) is 1. The Morgan fingerprint density at radius 1 is 1.38 bits per heavy atom. The van der Waals surface area contributed by atoms with Gasteiger partial charge in [-0.3, -0.25) is 4.90 Å². The molecule has 1 aliphatic rings. The maximum Gasteiger partial charge on any atom is 0.0965 e. The van der Waals surface area contributed by atoms with Crippen molar-refractivity contribution in [3.8, 4) is 6.07 Å². The smallest absolute Gasteiger partial charge is 0.0965 e. The van der Waals surface area contributed by atoms with Crippen LogP contribution in [0.15, 0.2) is 0 Å². The molecule has 1 N–H and O–H groups in total. The van der Waals surface area contributed by atoms with Gasteiger partial charge in [-0.1, -0.05) is 13.3 Å². The molecule has 0 bridgehead atoms. The standard InChI is InChI=1S/C13H25N3/c1-4-15-13(10-14)8-9-16-11(2)6-5-7-12(16)3/h11-13,15H,4-9H2,1-3H3. The Labute approximate surface area is 99.8 Å². The molecule has 1 saturated heterocycles. The lowest BCUT2D eigenvalue weighted by Crippen LogP contribution is -2.45. The van der Waals surface area contributed by atoms with Crippen LogP contribution in [0.25, 0.3) is 0 Å². The van der Waals surface area contributed by atoms with E-state index in [0.717, 1.165) is 19.5 Å². The van der Waals surface area contributed by atoms with Gasteiger partial charge in [-0.2, -0.15) is 5.26 Å². The highest BCUT2D eigenvalue weighted by Gasteiger charge is 2.24. The molecular formula is C13H25N3. The van der Waals surface area contributed by atoms with Crippen LogP contribution in [0.3, 0.4) is 0 Å². The second-order valence-electron chi connectivity index (χ2n) is 4.89. The van der Waals surface area contributed by atoms with E-state index in [1.54, 1.807) is 0 Å². The topological polar surface area (TPSA) is 39.1 Å². The molecule has 1 fully saturated rings. The summed E-state index contributed by atoms with van der Waals surface area (Å²) in [7, 11) is 0. The lowest BCUT2D eigenvalue weighted by molar-refractivity contribution is 0.100. The van der Waals surface area contributed by atoms with Crippen LogP contribution in [0.2, 0.25) is 0 Å². The molecule has 3 heteroatoms. The first-order chi connectivity index (χ1) is 7.69. The van der Waals surface area contributed by atoms with E-state index >= 15 is 0 Å². The third-order valence-electron chi connectivity index (χ3n) is 3.66. The highest BCUT2D eigenvalue weighted by atomic mass is 15.2. The molecule has 92 valence electrons. The van der Waals surface area contributed by atoms with Crippen LogP contribution in [-0.2, 0) is 0 Å². The fraction of sp³-hybridized carbons (Fsp3) is 0.923.